The number of fused-ring (bicyclic) bond motifs is 2. The number of piperidine rings is 1. The van der Waals surface area contributed by atoms with Gasteiger partial charge in [0, 0.05) is 19.1 Å². The number of nitrogens with zero attached hydrogens (tertiary/aromatic N) is 3. The first-order chi connectivity index (χ1) is 9.84. The van der Waals surface area contributed by atoms with Crippen LogP contribution in [-0.4, -0.2) is 45.9 Å². The van der Waals surface area contributed by atoms with E-state index in [1.54, 1.807) is 0 Å². The molecule has 0 radical (unpaired) electrons. The predicted molar refractivity (Wildman–Crippen MR) is 84.3 cm³/mol. The van der Waals surface area contributed by atoms with Crippen molar-refractivity contribution in [2.75, 3.05) is 18.0 Å². The minimum atomic E-state index is -1.32. The molecule has 1 aliphatic carbocycles. The van der Waals surface area contributed by atoms with Crippen molar-refractivity contribution in [3.8, 4) is 0 Å². The SMILES string of the molecule is CC(C)(O)C(=O)NC1C2CC[C@@H]1CN(c1nnc(Br)s1)C2. The molecule has 0 aromatic carbocycles. The third kappa shape index (κ3) is 3.07. The lowest BCUT2D eigenvalue weighted by molar-refractivity contribution is -0.137. The summed E-state index contributed by atoms with van der Waals surface area (Å²) < 4.78 is 0.794. The smallest absolute Gasteiger partial charge is 0.251 e. The Kier molecular flexibility index (Phi) is 3.96. The molecule has 3 rings (SSSR count). The van der Waals surface area contributed by atoms with Crippen molar-refractivity contribution in [2.45, 2.75) is 38.3 Å². The average Bonchev–Trinajstić information content (AvgIpc) is 2.90. The van der Waals surface area contributed by atoms with Gasteiger partial charge in [-0.05, 0) is 54.5 Å². The molecule has 1 aliphatic heterocycles. The Morgan fingerprint density at radius 1 is 1.38 bits per heavy atom. The standard InChI is InChI=1S/C13H19BrN4O2S/c1-13(2,20)10(19)15-9-7-3-4-8(9)6-18(5-7)12-17-16-11(14)21-12/h7-9,20H,3-6H2,1-2H3,(H,15,19)/t7-,8?,9?/m1/s1. The van der Waals surface area contributed by atoms with Crippen molar-refractivity contribution >= 4 is 38.3 Å². The molecule has 0 spiro atoms. The number of nitrogens with one attached hydrogen (secondary N) is 1. The second-order valence-corrected chi connectivity index (χ2v) is 8.63. The molecule has 21 heavy (non-hydrogen) atoms. The first-order valence-electron chi connectivity index (χ1n) is 7.12. The van der Waals surface area contributed by atoms with Gasteiger partial charge in [-0.25, -0.2) is 0 Å². The Hall–Kier alpha value is -0.730. The van der Waals surface area contributed by atoms with E-state index >= 15 is 0 Å². The normalized spacial score (nSPS) is 28.8. The predicted octanol–water partition coefficient (Wildman–Crippen LogP) is 1.40. The van der Waals surface area contributed by atoms with Gasteiger partial charge in [0.05, 0.1) is 0 Å². The molecule has 2 bridgehead atoms. The van der Waals surface area contributed by atoms with Crippen LogP contribution in [0.1, 0.15) is 26.7 Å². The number of aliphatic hydroxyl groups is 1. The molecule has 2 N–H and O–H groups in total. The zero-order chi connectivity index (χ0) is 15.2. The van der Waals surface area contributed by atoms with Gasteiger partial charge >= 0.3 is 0 Å². The fourth-order valence-corrected chi connectivity index (χ4v) is 4.37. The Labute approximate surface area is 136 Å². The van der Waals surface area contributed by atoms with Crippen molar-refractivity contribution in [2.24, 2.45) is 11.8 Å². The quantitative estimate of drug-likeness (QED) is 0.835. The number of anilines is 1. The van der Waals surface area contributed by atoms with E-state index in [0.717, 1.165) is 35.0 Å². The highest BCUT2D eigenvalue weighted by Crippen LogP contribution is 2.39. The summed E-state index contributed by atoms with van der Waals surface area (Å²) in [6.07, 6.45) is 2.22. The molecule has 2 unspecified atom stereocenters. The third-order valence-electron chi connectivity index (χ3n) is 4.35. The molecular weight excluding hydrogens is 356 g/mol. The molecule has 1 saturated heterocycles. The van der Waals surface area contributed by atoms with E-state index < -0.39 is 5.60 Å². The molecule has 1 amide bonds. The first-order valence-corrected chi connectivity index (χ1v) is 8.73. The molecule has 1 aromatic heterocycles. The van der Waals surface area contributed by atoms with E-state index in [9.17, 15) is 9.90 Å². The molecule has 8 heteroatoms. The Balaban J connectivity index is 1.68. The fraction of sp³-hybridized carbons (Fsp3) is 0.769. The number of carbonyl (C=O) groups is 1. The maximum atomic E-state index is 12.0. The largest absolute Gasteiger partial charge is 0.381 e. The van der Waals surface area contributed by atoms with Crippen LogP contribution in [0.15, 0.2) is 3.92 Å². The van der Waals surface area contributed by atoms with E-state index in [1.807, 2.05) is 0 Å². The second kappa shape index (κ2) is 5.48. The molecule has 116 valence electrons. The Bertz CT molecular complexity index is 531. The summed E-state index contributed by atoms with van der Waals surface area (Å²) in [6, 6.07) is 0.163. The molecule has 3 atom stereocenters. The Morgan fingerprint density at radius 3 is 2.48 bits per heavy atom. The highest BCUT2D eigenvalue weighted by molar-refractivity contribution is 9.11. The number of hydrogen-bond acceptors (Lipinski definition) is 6. The Morgan fingerprint density at radius 2 is 2.00 bits per heavy atom. The number of amides is 1. The van der Waals surface area contributed by atoms with Crippen molar-refractivity contribution in [1.82, 2.24) is 15.5 Å². The van der Waals surface area contributed by atoms with E-state index in [0.29, 0.717) is 11.8 Å². The lowest BCUT2D eigenvalue weighted by atomic mass is 9.91. The van der Waals surface area contributed by atoms with Crippen molar-refractivity contribution in [3.05, 3.63) is 3.92 Å². The van der Waals surface area contributed by atoms with Crippen LogP contribution in [0, 0.1) is 11.8 Å². The number of halogens is 1. The molecular formula is C13H19BrN4O2S. The first kappa shape index (κ1) is 15.2. The van der Waals surface area contributed by atoms with Crippen LogP contribution in [0.3, 0.4) is 0 Å². The topological polar surface area (TPSA) is 78.4 Å². The summed E-state index contributed by atoms with van der Waals surface area (Å²) >= 11 is 4.88. The highest BCUT2D eigenvalue weighted by Gasteiger charge is 2.44. The fourth-order valence-electron chi connectivity index (χ4n) is 3.27. The van der Waals surface area contributed by atoms with E-state index in [2.05, 4.69) is 36.3 Å². The van der Waals surface area contributed by atoms with Crippen LogP contribution in [0.4, 0.5) is 5.13 Å². The molecule has 1 aromatic rings. The zero-order valence-electron chi connectivity index (χ0n) is 12.0. The van der Waals surface area contributed by atoms with Crippen LogP contribution >= 0.6 is 27.3 Å². The lowest BCUT2D eigenvalue weighted by Gasteiger charge is -2.38. The molecule has 2 aliphatic rings. The number of carbonyl (C=O) groups excluding carboxylic acids is 1. The van der Waals surface area contributed by atoms with Crippen molar-refractivity contribution < 1.29 is 9.90 Å². The minimum absolute atomic E-state index is 0.163. The number of aromatic nitrogens is 2. The summed E-state index contributed by atoms with van der Waals surface area (Å²) in [5.41, 5.74) is -1.32. The second-order valence-electron chi connectivity index (χ2n) is 6.40. The van der Waals surface area contributed by atoms with E-state index in [4.69, 9.17) is 0 Å². The van der Waals surface area contributed by atoms with Crippen LogP contribution in [0.2, 0.25) is 0 Å². The zero-order valence-corrected chi connectivity index (χ0v) is 14.4. The summed E-state index contributed by atoms with van der Waals surface area (Å²) in [5.74, 6) is 0.548. The minimum Gasteiger partial charge on any atom is -0.381 e. The highest BCUT2D eigenvalue weighted by atomic mass is 79.9. The van der Waals surface area contributed by atoms with Gasteiger partial charge < -0.3 is 15.3 Å². The number of hydrogen-bond donors (Lipinski definition) is 2. The lowest BCUT2D eigenvalue weighted by Crippen LogP contribution is -2.56. The van der Waals surface area contributed by atoms with E-state index in [-0.39, 0.29) is 11.9 Å². The van der Waals surface area contributed by atoms with Crippen LogP contribution in [0.5, 0.6) is 0 Å². The van der Waals surface area contributed by atoms with Gasteiger partial charge in [0.2, 0.25) is 5.13 Å². The van der Waals surface area contributed by atoms with Crippen LogP contribution < -0.4 is 10.2 Å². The summed E-state index contributed by atoms with van der Waals surface area (Å²) in [5, 5.41) is 22.0. The molecule has 2 fully saturated rings. The summed E-state index contributed by atoms with van der Waals surface area (Å²) in [4.78, 5) is 14.3. The average molecular weight is 375 g/mol. The molecule has 1 saturated carbocycles. The monoisotopic (exact) mass is 374 g/mol. The number of rotatable bonds is 3. The van der Waals surface area contributed by atoms with Gasteiger partial charge in [0.25, 0.3) is 5.91 Å². The van der Waals surface area contributed by atoms with Gasteiger partial charge in [-0.2, -0.15) is 0 Å². The maximum absolute atomic E-state index is 12.0. The molecule has 6 nitrogen and oxygen atoms in total. The maximum Gasteiger partial charge on any atom is 0.251 e. The van der Waals surface area contributed by atoms with Crippen molar-refractivity contribution in [1.29, 1.82) is 0 Å². The summed E-state index contributed by atoms with van der Waals surface area (Å²) in [7, 11) is 0. The van der Waals surface area contributed by atoms with Gasteiger partial charge in [-0.3, -0.25) is 4.79 Å². The molecule has 2 heterocycles. The van der Waals surface area contributed by atoms with Gasteiger partial charge in [-0.1, -0.05) is 11.3 Å². The van der Waals surface area contributed by atoms with Gasteiger partial charge in [0.15, 0.2) is 3.92 Å². The van der Waals surface area contributed by atoms with Crippen molar-refractivity contribution in [3.63, 3.8) is 0 Å². The van der Waals surface area contributed by atoms with Gasteiger partial charge in [0.1, 0.15) is 5.60 Å². The van der Waals surface area contributed by atoms with E-state index in [1.165, 1.54) is 25.2 Å². The van der Waals surface area contributed by atoms with Crippen LogP contribution in [0.25, 0.3) is 0 Å². The summed E-state index contributed by atoms with van der Waals surface area (Å²) in [6.45, 7) is 4.82. The van der Waals surface area contributed by atoms with Gasteiger partial charge in [-0.15, -0.1) is 10.2 Å². The third-order valence-corrected chi connectivity index (χ3v) is 5.76. The van der Waals surface area contributed by atoms with Crippen LogP contribution in [-0.2, 0) is 4.79 Å².